The van der Waals surface area contributed by atoms with Gasteiger partial charge in [0.2, 0.25) is 0 Å². The lowest BCUT2D eigenvalue weighted by atomic mass is 10.1. The van der Waals surface area contributed by atoms with Gasteiger partial charge in [-0.15, -0.1) is 0 Å². The van der Waals surface area contributed by atoms with Crippen LogP contribution in [0, 0.1) is 0 Å². The van der Waals surface area contributed by atoms with E-state index in [1.165, 1.54) is 0 Å². The van der Waals surface area contributed by atoms with Gasteiger partial charge >= 0.3 is 0 Å². The summed E-state index contributed by atoms with van der Waals surface area (Å²) in [5.41, 5.74) is 4.00. The molecular weight excluding hydrogens is 384 g/mol. The monoisotopic (exact) mass is 406 g/mol. The number of para-hydroxylation sites is 2. The van der Waals surface area contributed by atoms with Crippen LogP contribution in [0.1, 0.15) is 0 Å². The summed E-state index contributed by atoms with van der Waals surface area (Å²) >= 11 is 0. The van der Waals surface area contributed by atoms with E-state index in [0.29, 0.717) is 13.2 Å². The highest BCUT2D eigenvalue weighted by Gasteiger charge is 2.05. The van der Waals surface area contributed by atoms with E-state index in [9.17, 15) is 0 Å². The van der Waals surface area contributed by atoms with E-state index in [2.05, 4.69) is 23.5 Å². The molecule has 0 unspecified atom stereocenters. The van der Waals surface area contributed by atoms with Crippen molar-refractivity contribution in [2.75, 3.05) is 18.5 Å². The second-order valence-electron chi connectivity index (χ2n) is 7.21. The zero-order valence-corrected chi connectivity index (χ0v) is 17.0. The Bertz CT molecular complexity index is 1300. The van der Waals surface area contributed by atoms with E-state index in [0.717, 1.165) is 44.7 Å². The molecule has 5 aromatic rings. The summed E-state index contributed by atoms with van der Waals surface area (Å²) in [4.78, 5) is 4.79. The number of pyridine rings is 1. The predicted molar refractivity (Wildman–Crippen MR) is 126 cm³/mol. The molecule has 4 aromatic carbocycles. The second-order valence-corrected chi connectivity index (χ2v) is 7.21. The summed E-state index contributed by atoms with van der Waals surface area (Å²) in [6, 6.07) is 34.2. The molecule has 4 heteroatoms. The summed E-state index contributed by atoms with van der Waals surface area (Å²) in [6.07, 6.45) is 0. The van der Waals surface area contributed by atoms with Gasteiger partial charge in [0, 0.05) is 22.1 Å². The summed E-state index contributed by atoms with van der Waals surface area (Å²) in [7, 11) is 0. The van der Waals surface area contributed by atoms with Crippen molar-refractivity contribution in [1.29, 1.82) is 0 Å². The minimum absolute atomic E-state index is 0.490. The van der Waals surface area contributed by atoms with Crippen LogP contribution in [0.3, 0.4) is 0 Å². The summed E-state index contributed by atoms with van der Waals surface area (Å²) in [5, 5.41) is 5.73. The molecule has 0 aliphatic heterocycles. The van der Waals surface area contributed by atoms with Crippen molar-refractivity contribution in [3.63, 3.8) is 0 Å². The first-order chi connectivity index (χ1) is 15.3. The quantitative estimate of drug-likeness (QED) is 0.245. The Morgan fingerprint density at radius 2 is 1.29 bits per heavy atom. The Balaban J connectivity index is 1.25. The summed E-state index contributed by atoms with van der Waals surface area (Å²) in [6.45, 7) is 0.991. The van der Waals surface area contributed by atoms with Gasteiger partial charge in [-0.3, -0.25) is 0 Å². The van der Waals surface area contributed by atoms with Crippen LogP contribution >= 0.6 is 0 Å². The van der Waals surface area contributed by atoms with Crippen molar-refractivity contribution in [3.8, 4) is 11.5 Å². The molecule has 0 aliphatic carbocycles. The maximum absolute atomic E-state index is 5.79. The van der Waals surface area contributed by atoms with Crippen LogP contribution in [-0.2, 0) is 0 Å². The van der Waals surface area contributed by atoms with Crippen LogP contribution < -0.4 is 14.8 Å². The van der Waals surface area contributed by atoms with E-state index in [4.69, 9.17) is 14.5 Å². The van der Waals surface area contributed by atoms with Gasteiger partial charge in [-0.05, 0) is 60.7 Å². The lowest BCUT2D eigenvalue weighted by Gasteiger charge is -2.12. The van der Waals surface area contributed by atoms with Crippen LogP contribution in [0.2, 0.25) is 0 Å². The lowest BCUT2D eigenvalue weighted by molar-refractivity contribution is 0.217. The number of anilines is 2. The zero-order chi connectivity index (χ0) is 20.9. The largest absolute Gasteiger partial charge is 0.490 e. The molecular formula is C27H22N2O2. The van der Waals surface area contributed by atoms with Crippen molar-refractivity contribution in [3.05, 3.63) is 103 Å². The van der Waals surface area contributed by atoms with Gasteiger partial charge in [0.25, 0.3) is 0 Å². The smallest absolute Gasteiger partial charge is 0.122 e. The standard InChI is InChI=1S/C27H22N2O2/c1-2-8-22(9-3-1)30-17-18-31-23-15-13-21(14-16-23)28-26-11-6-12-27-24(26)19-20-7-4-5-10-25(20)29-27/h1-16,19,28H,17-18H2. The number of fused-ring (bicyclic) bond motifs is 2. The third-order valence-corrected chi connectivity index (χ3v) is 5.06. The number of rotatable bonds is 7. The Morgan fingerprint density at radius 1 is 0.613 bits per heavy atom. The topological polar surface area (TPSA) is 43.4 Å². The number of benzene rings is 4. The zero-order valence-electron chi connectivity index (χ0n) is 17.0. The number of hydrogen-bond donors (Lipinski definition) is 1. The molecule has 4 nitrogen and oxygen atoms in total. The molecule has 5 rings (SSSR count). The Kier molecular flexibility index (Phi) is 5.35. The molecule has 1 aromatic heterocycles. The molecule has 0 aliphatic rings. The van der Waals surface area contributed by atoms with Crippen LogP contribution in [0.15, 0.2) is 103 Å². The fourth-order valence-corrected chi connectivity index (χ4v) is 3.53. The number of nitrogens with zero attached hydrogens (tertiary/aromatic N) is 1. The van der Waals surface area contributed by atoms with Gasteiger partial charge in [-0.2, -0.15) is 0 Å². The maximum Gasteiger partial charge on any atom is 0.122 e. The molecule has 0 saturated heterocycles. The Morgan fingerprint density at radius 3 is 2.10 bits per heavy atom. The maximum atomic E-state index is 5.79. The van der Waals surface area contributed by atoms with Crippen molar-refractivity contribution < 1.29 is 9.47 Å². The van der Waals surface area contributed by atoms with Gasteiger partial charge in [0.1, 0.15) is 24.7 Å². The molecule has 0 saturated carbocycles. The average molecular weight is 406 g/mol. The van der Waals surface area contributed by atoms with E-state index in [1.54, 1.807) is 0 Å². The molecule has 1 heterocycles. The van der Waals surface area contributed by atoms with E-state index < -0.39 is 0 Å². The highest BCUT2D eigenvalue weighted by atomic mass is 16.5. The van der Waals surface area contributed by atoms with Crippen molar-refractivity contribution in [1.82, 2.24) is 4.98 Å². The first-order valence-corrected chi connectivity index (χ1v) is 10.3. The number of aromatic nitrogens is 1. The highest BCUT2D eigenvalue weighted by molar-refractivity contribution is 6.00. The molecule has 1 N–H and O–H groups in total. The molecule has 0 bridgehead atoms. The third-order valence-electron chi connectivity index (χ3n) is 5.06. The average Bonchev–Trinajstić information content (AvgIpc) is 2.82. The predicted octanol–water partition coefficient (Wildman–Crippen LogP) is 6.59. The Labute approximate surface area is 181 Å². The molecule has 0 atom stereocenters. The van der Waals surface area contributed by atoms with E-state index in [-0.39, 0.29) is 0 Å². The summed E-state index contributed by atoms with van der Waals surface area (Å²) < 4.78 is 11.4. The van der Waals surface area contributed by atoms with Gasteiger partial charge < -0.3 is 14.8 Å². The van der Waals surface area contributed by atoms with Gasteiger partial charge in [0.05, 0.1) is 11.0 Å². The number of ether oxygens (including phenoxy) is 2. The number of nitrogens with one attached hydrogen (secondary N) is 1. The second kappa shape index (κ2) is 8.76. The van der Waals surface area contributed by atoms with Gasteiger partial charge in [0.15, 0.2) is 0 Å². The highest BCUT2D eigenvalue weighted by Crippen LogP contribution is 2.29. The molecule has 0 radical (unpaired) electrons. The third kappa shape index (κ3) is 4.43. The van der Waals surface area contributed by atoms with Crippen molar-refractivity contribution in [2.24, 2.45) is 0 Å². The number of hydrogen-bond acceptors (Lipinski definition) is 4. The molecule has 152 valence electrons. The van der Waals surface area contributed by atoms with Crippen LogP contribution in [0.4, 0.5) is 11.4 Å². The fraction of sp³-hybridized carbons (Fsp3) is 0.0741. The molecule has 31 heavy (non-hydrogen) atoms. The van der Waals surface area contributed by atoms with Crippen LogP contribution in [0.5, 0.6) is 11.5 Å². The lowest BCUT2D eigenvalue weighted by Crippen LogP contribution is -2.08. The van der Waals surface area contributed by atoms with Gasteiger partial charge in [-0.1, -0.05) is 42.5 Å². The first kappa shape index (κ1) is 18.9. The van der Waals surface area contributed by atoms with E-state index in [1.807, 2.05) is 84.9 Å². The minimum Gasteiger partial charge on any atom is -0.490 e. The van der Waals surface area contributed by atoms with Gasteiger partial charge in [-0.25, -0.2) is 4.98 Å². The molecule has 0 fully saturated rings. The molecule has 0 spiro atoms. The minimum atomic E-state index is 0.490. The SMILES string of the molecule is c1ccc(OCCOc2ccc(Nc3cccc4nc5ccccc5cc34)cc2)cc1. The van der Waals surface area contributed by atoms with Crippen LogP contribution in [0.25, 0.3) is 21.8 Å². The van der Waals surface area contributed by atoms with Crippen molar-refractivity contribution >= 4 is 33.2 Å². The molecule has 0 amide bonds. The van der Waals surface area contributed by atoms with Crippen molar-refractivity contribution in [2.45, 2.75) is 0 Å². The first-order valence-electron chi connectivity index (χ1n) is 10.3. The fourth-order valence-electron chi connectivity index (χ4n) is 3.53. The van der Waals surface area contributed by atoms with E-state index >= 15 is 0 Å². The normalized spacial score (nSPS) is 10.8. The Hall–Kier alpha value is -4.05. The summed E-state index contributed by atoms with van der Waals surface area (Å²) in [5.74, 6) is 1.66. The van der Waals surface area contributed by atoms with Crippen LogP contribution in [-0.4, -0.2) is 18.2 Å².